The number of halogens is 1. The van der Waals surface area contributed by atoms with Crippen LogP contribution in [0.25, 0.3) is 0 Å². The third-order valence-electron chi connectivity index (χ3n) is 5.65. The highest BCUT2D eigenvalue weighted by atomic mass is 19.1. The first-order chi connectivity index (χ1) is 13.4. The maximum Gasteiger partial charge on any atom is 0.337 e. The first-order valence-electron chi connectivity index (χ1n) is 10.6. The predicted molar refractivity (Wildman–Crippen MR) is 110 cm³/mol. The molecule has 0 radical (unpaired) electrons. The Morgan fingerprint density at radius 1 is 1.25 bits per heavy atom. The topological polar surface area (TPSA) is 63.6 Å². The van der Waals surface area contributed by atoms with Gasteiger partial charge in [-0.2, -0.15) is 0 Å². The molecule has 1 unspecified atom stereocenters. The predicted octanol–water partition coefficient (Wildman–Crippen LogP) is 4.95. The van der Waals surface area contributed by atoms with Crippen LogP contribution < -0.4 is 0 Å². The summed E-state index contributed by atoms with van der Waals surface area (Å²) < 4.78 is 18.0. The quantitative estimate of drug-likeness (QED) is 0.272. The Balaban J connectivity index is 2.54. The lowest BCUT2D eigenvalue weighted by atomic mass is 9.86. The Labute approximate surface area is 169 Å². The Morgan fingerprint density at radius 2 is 2.00 bits per heavy atom. The number of unbranched alkanes of at least 4 members (excludes halogenated alkanes) is 4. The van der Waals surface area contributed by atoms with Gasteiger partial charge in [-0.05, 0) is 44.9 Å². The lowest BCUT2D eigenvalue weighted by Gasteiger charge is -2.19. The zero-order chi connectivity index (χ0) is 21.0. The lowest BCUT2D eigenvalue weighted by molar-refractivity contribution is -0.160. The van der Waals surface area contributed by atoms with Gasteiger partial charge in [-0.1, -0.05) is 50.5 Å². The molecule has 0 aromatic carbocycles. The van der Waals surface area contributed by atoms with Crippen LogP contribution in [0.2, 0.25) is 0 Å². The summed E-state index contributed by atoms with van der Waals surface area (Å²) in [5, 5.41) is 10.0. The minimum absolute atomic E-state index is 0.0356. The maximum absolute atomic E-state index is 13.4. The second kappa shape index (κ2) is 12.9. The molecule has 0 amide bonds. The Kier molecular flexibility index (Phi) is 11.3. The molecule has 0 heterocycles. The average Bonchev–Trinajstić information content (AvgIpc) is 2.98. The van der Waals surface area contributed by atoms with Crippen LogP contribution in [0.3, 0.4) is 0 Å². The number of alkyl halides is 1. The van der Waals surface area contributed by atoms with Crippen molar-refractivity contribution in [3.8, 4) is 0 Å². The summed E-state index contributed by atoms with van der Waals surface area (Å²) in [6.45, 7) is 3.15. The van der Waals surface area contributed by atoms with Crippen molar-refractivity contribution in [2.24, 2.45) is 17.8 Å². The first kappa shape index (κ1) is 24.5. The molecule has 1 saturated carbocycles. The van der Waals surface area contributed by atoms with Gasteiger partial charge < -0.3 is 9.84 Å². The zero-order valence-corrected chi connectivity index (χ0v) is 17.7. The third-order valence-corrected chi connectivity index (χ3v) is 5.65. The van der Waals surface area contributed by atoms with Gasteiger partial charge >= 0.3 is 5.97 Å². The van der Waals surface area contributed by atoms with Gasteiger partial charge in [-0.15, -0.1) is 0 Å². The molecule has 160 valence electrons. The number of ketones is 1. The van der Waals surface area contributed by atoms with E-state index < -0.39 is 18.2 Å². The smallest absolute Gasteiger partial charge is 0.337 e. The van der Waals surface area contributed by atoms with Crippen molar-refractivity contribution >= 4 is 11.8 Å². The molecule has 1 fully saturated rings. The van der Waals surface area contributed by atoms with Crippen LogP contribution >= 0.6 is 0 Å². The van der Waals surface area contributed by atoms with Crippen molar-refractivity contribution in [3.63, 3.8) is 0 Å². The molecule has 0 saturated heterocycles. The van der Waals surface area contributed by atoms with Gasteiger partial charge in [-0.3, -0.25) is 9.18 Å². The fourth-order valence-corrected chi connectivity index (χ4v) is 3.82. The highest BCUT2D eigenvalue weighted by molar-refractivity contribution is 5.84. The minimum Gasteiger partial charge on any atom is -0.467 e. The maximum atomic E-state index is 13.4. The number of methoxy groups -OCH3 is 1. The highest BCUT2D eigenvalue weighted by Gasteiger charge is 2.40. The summed E-state index contributed by atoms with van der Waals surface area (Å²) in [6.07, 6.45) is 15.4. The van der Waals surface area contributed by atoms with Crippen LogP contribution in [-0.4, -0.2) is 36.2 Å². The number of carbonyl (C=O) groups is 2. The number of esters is 1. The minimum atomic E-state index is -1.51. The van der Waals surface area contributed by atoms with Gasteiger partial charge in [-0.25, -0.2) is 4.79 Å². The van der Waals surface area contributed by atoms with Crippen LogP contribution in [0, 0.1) is 17.8 Å². The van der Waals surface area contributed by atoms with Crippen molar-refractivity contribution in [1.82, 2.24) is 0 Å². The number of aliphatic hydroxyl groups is 1. The normalized spacial score (nSPS) is 24.9. The molecular formula is C23H37FO4. The largest absolute Gasteiger partial charge is 0.467 e. The van der Waals surface area contributed by atoms with Crippen molar-refractivity contribution < 1.29 is 23.8 Å². The second-order valence-electron chi connectivity index (χ2n) is 8.06. The van der Waals surface area contributed by atoms with Crippen molar-refractivity contribution in [3.05, 3.63) is 24.3 Å². The molecule has 4 nitrogen and oxygen atoms in total. The summed E-state index contributed by atoms with van der Waals surface area (Å²) in [6, 6.07) is 0. The molecule has 1 N–H and O–H groups in total. The van der Waals surface area contributed by atoms with E-state index in [0.29, 0.717) is 19.3 Å². The molecule has 0 aliphatic heterocycles. The number of hydrogen-bond donors (Lipinski definition) is 1. The SMILES string of the molecule is CCCCCC/C=C/[C@H]1[C@H](CF)CC(=O)[C@@H]1C/C=C\CCC(C)(O)C(=O)OC. The number of rotatable bonds is 13. The van der Waals surface area contributed by atoms with Gasteiger partial charge in [0.25, 0.3) is 0 Å². The van der Waals surface area contributed by atoms with Crippen LogP contribution in [-0.2, 0) is 14.3 Å². The lowest BCUT2D eigenvalue weighted by Crippen LogP contribution is -2.35. The number of Topliss-reactive ketones (excluding diaryl/α,β-unsaturated/α-hetero) is 1. The van der Waals surface area contributed by atoms with Gasteiger partial charge in [0, 0.05) is 18.3 Å². The summed E-state index contributed by atoms with van der Waals surface area (Å²) >= 11 is 0. The summed E-state index contributed by atoms with van der Waals surface area (Å²) in [5.41, 5.74) is -1.51. The molecule has 0 aromatic heterocycles. The molecular weight excluding hydrogens is 359 g/mol. The van der Waals surface area contributed by atoms with Crippen molar-refractivity contribution in [2.45, 2.75) is 77.2 Å². The van der Waals surface area contributed by atoms with Crippen LogP contribution in [0.5, 0.6) is 0 Å². The van der Waals surface area contributed by atoms with Crippen molar-refractivity contribution in [2.75, 3.05) is 13.8 Å². The number of allylic oxidation sites excluding steroid dienone is 4. The van der Waals surface area contributed by atoms with Crippen molar-refractivity contribution in [1.29, 1.82) is 0 Å². The molecule has 0 bridgehead atoms. The van der Waals surface area contributed by atoms with E-state index in [4.69, 9.17) is 0 Å². The molecule has 1 aliphatic rings. The van der Waals surface area contributed by atoms with E-state index in [-0.39, 0.29) is 30.0 Å². The summed E-state index contributed by atoms with van der Waals surface area (Å²) in [4.78, 5) is 23.8. The standard InChI is InChI=1S/C23H37FO4/c1-4-5-6-7-8-10-13-19-18(17-24)16-21(25)20(19)14-11-9-12-15-23(2,27)22(26)28-3/h9-11,13,18-20,27H,4-8,12,14-17H2,1-3H3/b11-9-,13-10+/t18-,19-,20+,23?/m0/s1. The number of hydrogen-bond acceptors (Lipinski definition) is 4. The van der Waals surface area contributed by atoms with E-state index >= 15 is 0 Å². The van der Waals surface area contributed by atoms with Crippen LogP contribution in [0.4, 0.5) is 4.39 Å². The molecule has 1 aliphatic carbocycles. The second-order valence-corrected chi connectivity index (χ2v) is 8.06. The Bertz CT molecular complexity index is 539. The van der Waals surface area contributed by atoms with Gasteiger partial charge in [0.15, 0.2) is 5.60 Å². The fraction of sp³-hybridized carbons (Fsp3) is 0.739. The van der Waals surface area contributed by atoms with E-state index in [0.717, 1.165) is 12.8 Å². The molecule has 0 aromatic rings. The van der Waals surface area contributed by atoms with E-state index in [1.807, 2.05) is 12.2 Å². The van der Waals surface area contributed by atoms with Crippen LogP contribution in [0.15, 0.2) is 24.3 Å². The molecule has 1 rings (SSSR count). The van der Waals surface area contributed by atoms with E-state index in [9.17, 15) is 19.1 Å². The average molecular weight is 397 g/mol. The van der Waals surface area contributed by atoms with Gasteiger partial charge in [0.1, 0.15) is 5.78 Å². The summed E-state index contributed by atoms with van der Waals surface area (Å²) in [5.74, 6) is -0.939. The van der Waals surface area contributed by atoms with Gasteiger partial charge in [0.05, 0.1) is 13.8 Å². The third kappa shape index (κ3) is 7.86. The van der Waals surface area contributed by atoms with Crippen LogP contribution in [0.1, 0.15) is 71.6 Å². The van der Waals surface area contributed by atoms with E-state index in [2.05, 4.69) is 23.8 Å². The molecule has 5 heteroatoms. The Morgan fingerprint density at radius 3 is 2.64 bits per heavy atom. The zero-order valence-electron chi connectivity index (χ0n) is 17.7. The van der Waals surface area contributed by atoms with E-state index in [1.165, 1.54) is 33.3 Å². The van der Waals surface area contributed by atoms with E-state index in [1.54, 1.807) is 0 Å². The Hall–Kier alpha value is -1.49. The number of carbonyl (C=O) groups excluding carboxylic acids is 2. The highest BCUT2D eigenvalue weighted by Crippen LogP contribution is 2.38. The molecule has 4 atom stereocenters. The first-order valence-corrected chi connectivity index (χ1v) is 10.6. The van der Waals surface area contributed by atoms with Gasteiger partial charge in [0.2, 0.25) is 0 Å². The monoisotopic (exact) mass is 396 g/mol. The molecule has 28 heavy (non-hydrogen) atoms. The summed E-state index contributed by atoms with van der Waals surface area (Å²) in [7, 11) is 1.25. The number of ether oxygens (including phenoxy) is 1. The fourth-order valence-electron chi connectivity index (χ4n) is 3.82. The molecule has 0 spiro atoms.